The van der Waals surface area contributed by atoms with Gasteiger partial charge in [-0.05, 0) is 36.6 Å². The van der Waals surface area contributed by atoms with Gasteiger partial charge in [0.15, 0.2) is 0 Å². The summed E-state index contributed by atoms with van der Waals surface area (Å²) in [5.41, 5.74) is 1.93. The molecule has 0 aromatic carbocycles. The normalized spacial score (nSPS) is 16.1. The van der Waals surface area contributed by atoms with Gasteiger partial charge in [0.1, 0.15) is 5.82 Å². The molecule has 3 rings (SSSR count). The molecule has 5 heteroatoms. The van der Waals surface area contributed by atoms with Crippen LogP contribution in [-0.2, 0) is 0 Å². The maximum atomic E-state index is 5.70. The van der Waals surface area contributed by atoms with Crippen molar-refractivity contribution in [3.63, 3.8) is 0 Å². The Morgan fingerprint density at radius 2 is 1.95 bits per heavy atom. The lowest BCUT2D eigenvalue weighted by atomic mass is 9.98. The number of anilines is 1. The summed E-state index contributed by atoms with van der Waals surface area (Å²) >= 11 is 5.70. The van der Waals surface area contributed by atoms with Crippen LogP contribution in [0, 0.1) is 18.3 Å². The summed E-state index contributed by atoms with van der Waals surface area (Å²) in [6.07, 6.45) is 11.0. The van der Waals surface area contributed by atoms with Gasteiger partial charge in [-0.3, -0.25) is 0 Å². The average Bonchev–Trinajstić information content (AvgIpc) is 2.98. The number of nitrogens with zero attached hydrogens (tertiary/aromatic N) is 3. The van der Waals surface area contributed by atoms with Crippen molar-refractivity contribution < 1.29 is 0 Å². The molecule has 0 radical (unpaired) electrons. The lowest BCUT2D eigenvalue weighted by Crippen LogP contribution is -2.33. The number of rotatable bonds is 2. The van der Waals surface area contributed by atoms with Gasteiger partial charge in [0.2, 0.25) is 5.28 Å². The molecule has 1 N–H and O–H groups in total. The largest absolute Gasteiger partial charge is 0.358 e. The Morgan fingerprint density at radius 3 is 2.60 bits per heavy atom. The maximum Gasteiger partial charge on any atom is 0.222 e. The van der Waals surface area contributed by atoms with Gasteiger partial charge in [-0.2, -0.15) is 0 Å². The van der Waals surface area contributed by atoms with Crippen molar-refractivity contribution in [1.82, 2.24) is 15.0 Å². The van der Waals surface area contributed by atoms with E-state index in [1.165, 1.54) is 0 Å². The van der Waals surface area contributed by atoms with Gasteiger partial charge in [-0.25, -0.2) is 9.97 Å². The minimum absolute atomic E-state index is 0.261. The Kier molecular flexibility index (Phi) is 3.62. The first-order valence-electron chi connectivity index (χ1n) is 6.64. The van der Waals surface area contributed by atoms with E-state index in [0.29, 0.717) is 5.92 Å². The van der Waals surface area contributed by atoms with Gasteiger partial charge in [0.05, 0.1) is 5.69 Å². The predicted molar refractivity (Wildman–Crippen MR) is 80.6 cm³/mol. The molecule has 3 heterocycles. The zero-order valence-electron chi connectivity index (χ0n) is 11.0. The molecule has 0 atom stereocenters. The molecule has 4 nitrogen and oxygen atoms in total. The van der Waals surface area contributed by atoms with Crippen molar-refractivity contribution in [2.75, 3.05) is 18.0 Å². The fourth-order valence-electron chi connectivity index (χ4n) is 2.47. The molecule has 1 fully saturated rings. The van der Waals surface area contributed by atoms with E-state index in [9.17, 15) is 0 Å². The van der Waals surface area contributed by atoms with Crippen molar-refractivity contribution in [3.8, 4) is 23.6 Å². The Balaban J connectivity index is 1.74. The fraction of sp³-hybridized carbons (Fsp3) is 0.333. The molecule has 0 aliphatic carbocycles. The molecule has 1 aliphatic heterocycles. The second kappa shape index (κ2) is 5.56. The number of hydrogen-bond acceptors (Lipinski definition) is 3. The van der Waals surface area contributed by atoms with Crippen LogP contribution >= 0.6 is 11.6 Å². The highest BCUT2D eigenvalue weighted by Gasteiger charge is 2.18. The Morgan fingerprint density at radius 1 is 1.25 bits per heavy atom. The van der Waals surface area contributed by atoms with Crippen LogP contribution in [0.15, 0.2) is 24.5 Å². The van der Waals surface area contributed by atoms with Crippen molar-refractivity contribution in [2.24, 2.45) is 5.92 Å². The number of terminal acetylenes is 1. The standard InChI is InChI=1S/C15H15ClN4/c1-2-11-5-7-20(8-6-11)14-4-3-13(19-14)12-9-17-15(16)18-10-12/h1,3-4,9-11,19H,5-8H2. The Bertz CT molecular complexity index is 618. The first-order valence-corrected chi connectivity index (χ1v) is 7.02. The molecule has 20 heavy (non-hydrogen) atoms. The van der Waals surface area contributed by atoms with Crippen LogP contribution in [0.1, 0.15) is 12.8 Å². The first kappa shape index (κ1) is 13.0. The predicted octanol–water partition coefficient (Wildman–Crippen LogP) is 2.97. The van der Waals surface area contributed by atoms with Crippen LogP contribution in [0.25, 0.3) is 11.3 Å². The molecule has 0 amide bonds. The third kappa shape index (κ3) is 2.63. The second-order valence-electron chi connectivity index (χ2n) is 4.93. The number of H-pyrrole nitrogens is 1. The molecular weight excluding hydrogens is 272 g/mol. The summed E-state index contributed by atoms with van der Waals surface area (Å²) in [6, 6.07) is 4.12. The highest BCUT2D eigenvalue weighted by Crippen LogP contribution is 2.25. The van der Waals surface area contributed by atoms with Crippen molar-refractivity contribution >= 4 is 17.4 Å². The summed E-state index contributed by atoms with van der Waals surface area (Å²) in [5.74, 6) is 4.38. The highest BCUT2D eigenvalue weighted by molar-refractivity contribution is 6.28. The molecule has 2 aromatic rings. The summed E-state index contributed by atoms with van der Waals surface area (Å²) in [7, 11) is 0. The number of nitrogens with one attached hydrogen (secondary N) is 1. The van der Waals surface area contributed by atoms with E-state index in [0.717, 1.165) is 43.0 Å². The molecule has 0 bridgehead atoms. The van der Waals surface area contributed by atoms with Gasteiger partial charge in [-0.1, -0.05) is 0 Å². The summed E-state index contributed by atoms with van der Waals surface area (Å²) < 4.78 is 0. The summed E-state index contributed by atoms with van der Waals surface area (Å²) in [5, 5.41) is 0.261. The van der Waals surface area contributed by atoms with E-state index in [2.05, 4.69) is 31.8 Å². The molecule has 0 saturated carbocycles. The van der Waals surface area contributed by atoms with Crippen LogP contribution in [-0.4, -0.2) is 28.0 Å². The third-order valence-corrected chi connectivity index (χ3v) is 3.87. The summed E-state index contributed by atoms with van der Waals surface area (Å²) in [4.78, 5) is 13.7. The third-order valence-electron chi connectivity index (χ3n) is 3.67. The van der Waals surface area contributed by atoms with Crippen molar-refractivity contribution in [1.29, 1.82) is 0 Å². The number of piperidine rings is 1. The molecule has 2 aromatic heterocycles. The molecule has 1 saturated heterocycles. The van der Waals surface area contributed by atoms with Crippen molar-refractivity contribution in [3.05, 3.63) is 29.8 Å². The zero-order chi connectivity index (χ0) is 13.9. The number of aromatic amines is 1. The quantitative estimate of drug-likeness (QED) is 0.682. The van der Waals surface area contributed by atoms with Crippen LogP contribution in [0.3, 0.4) is 0 Å². The zero-order valence-corrected chi connectivity index (χ0v) is 11.8. The topological polar surface area (TPSA) is 44.8 Å². The fourth-order valence-corrected chi connectivity index (χ4v) is 2.57. The number of halogens is 1. The molecular formula is C15H15ClN4. The smallest absolute Gasteiger partial charge is 0.222 e. The van der Waals surface area contributed by atoms with Gasteiger partial charge in [0.25, 0.3) is 0 Å². The van der Waals surface area contributed by atoms with Crippen LogP contribution in [0.4, 0.5) is 5.82 Å². The number of aromatic nitrogens is 3. The van der Waals surface area contributed by atoms with Crippen molar-refractivity contribution in [2.45, 2.75) is 12.8 Å². The van der Waals surface area contributed by atoms with E-state index < -0.39 is 0 Å². The first-order chi connectivity index (χ1) is 9.76. The van der Waals surface area contributed by atoms with Crippen LogP contribution in [0.2, 0.25) is 5.28 Å². The average molecular weight is 287 g/mol. The second-order valence-corrected chi connectivity index (χ2v) is 5.26. The Labute approximate surface area is 123 Å². The monoisotopic (exact) mass is 286 g/mol. The molecule has 1 aliphatic rings. The van der Waals surface area contributed by atoms with E-state index in [4.69, 9.17) is 18.0 Å². The van der Waals surface area contributed by atoms with Gasteiger partial charge in [-0.15, -0.1) is 12.3 Å². The minimum atomic E-state index is 0.261. The number of hydrogen-bond donors (Lipinski definition) is 1. The lowest BCUT2D eigenvalue weighted by molar-refractivity contribution is 0.490. The van der Waals surface area contributed by atoms with Gasteiger partial charge >= 0.3 is 0 Å². The van der Waals surface area contributed by atoms with E-state index in [1.807, 2.05) is 6.07 Å². The lowest BCUT2D eigenvalue weighted by Gasteiger charge is -2.30. The molecule has 102 valence electrons. The van der Waals surface area contributed by atoms with Gasteiger partial charge < -0.3 is 9.88 Å². The van der Waals surface area contributed by atoms with Crippen LogP contribution < -0.4 is 4.90 Å². The maximum absolute atomic E-state index is 5.70. The molecule has 0 spiro atoms. The SMILES string of the molecule is C#CC1CCN(c2ccc(-c3cnc(Cl)nc3)[nH]2)CC1. The van der Waals surface area contributed by atoms with E-state index in [-0.39, 0.29) is 5.28 Å². The summed E-state index contributed by atoms with van der Waals surface area (Å²) in [6.45, 7) is 1.98. The van der Waals surface area contributed by atoms with E-state index in [1.54, 1.807) is 12.4 Å². The van der Waals surface area contributed by atoms with E-state index >= 15 is 0 Å². The molecule has 0 unspecified atom stereocenters. The van der Waals surface area contributed by atoms with Gasteiger partial charge in [0, 0.05) is 37.0 Å². The highest BCUT2D eigenvalue weighted by atomic mass is 35.5. The Hall–Kier alpha value is -1.99. The minimum Gasteiger partial charge on any atom is -0.358 e. The van der Waals surface area contributed by atoms with Crippen LogP contribution in [0.5, 0.6) is 0 Å².